The summed E-state index contributed by atoms with van der Waals surface area (Å²) < 4.78 is 13.5. The van der Waals surface area contributed by atoms with Crippen molar-refractivity contribution in [3.8, 4) is 0 Å². The molecule has 0 heterocycles. The highest BCUT2D eigenvalue weighted by molar-refractivity contribution is 5.98. The predicted octanol–water partition coefficient (Wildman–Crippen LogP) is 2.34. The molecular formula is C13H17FN2O. The highest BCUT2D eigenvalue weighted by Gasteiger charge is 2.37. The molecule has 2 rings (SSSR count). The molecule has 0 saturated heterocycles. The first-order valence-corrected chi connectivity index (χ1v) is 5.88. The number of benzene rings is 1. The lowest BCUT2D eigenvalue weighted by molar-refractivity contribution is -0.121. The number of carbonyl (C=O) groups excluding carboxylic acids is 1. The minimum Gasteiger partial charge on any atom is -0.322 e. The lowest BCUT2D eigenvalue weighted by Crippen LogP contribution is -2.48. The van der Waals surface area contributed by atoms with Crippen molar-refractivity contribution < 1.29 is 9.18 Å². The number of aryl methyl sites for hydroxylation is 1. The zero-order valence-corrected chi connectivity index (χ0v) is 9.92. The number of hydrogen-bond acceptors (Lipinski definition) is 2. The van der Waals surface area contributed by atoms with Crippen LogP contribution in [-0.4, -0.2) is 11.4 Å². The first kappa shape index (κ1) is 12.0. The van der Waals surface area contributed by atoms with E-state index in [9.17, 15) is 9.18 Å². The number of hydrogen-bond donors (Lipinski definition) is 2. The average Bonchev–Trinajstić information content (AvgIpc) is 2.72. The average molecular weight is 236 g/mol. The van der Waals surface area contributed by atoms with Crippen LogP contribution in [0.5, 0.6) is 0 Å². The fraction of sp³-hybridized carbons (Fsp3) is 0.462. The fourth-order valence-corrected chi connectivity index (χ4v) is 2.21. The molecule has 0 unspecified atom stereocenters. The molecule has 1 aromatic rings. The molecule has 1 aliphatic carbocycles. The molecule has 1 fully saturated rings. The molecule has 4 heteroatoms. The van der Waals surface area contributed by atoms with E-state index in [0.29, 0.717) is 12.8 Å². The Morgan fingerprint density at radius 2 is 2.06 bits per heavy atom. The monoisotopic (exact) mass is 236 g/mol. The maximum Gasteiger partial charge on any atom is 0.244 e. The molecule has 0 atom stereocenters. The fourth-order valence-electron chi connectivity index (χ4n) is 2.21. The Labute approximate surface area is 100 Å². The third-order valence-electron chi connectivity index (χ3n) is 3.32. The molecule has 0 aliphatic heterocycles. The quantitative estimate of drug-likeness (QED) is 0.828. The number of amides is 1. The highest BCUT2D eigenvalue weighted by atomic mass is 19.1. The third kappa shape index (κ3) is 2.47. The smallest absolute Gasteiger partial charge is 0.244 e. The van der Waals surface area contributed by atoms with Crippen molar-refractivity contribution in [1.29, 1.82) is 0 Å². The van der Waals surface area contributed by atoms with Crippen LogP contribution in [0.1, 0.15) is 31.2 Å². The van der Waals surface area contributed by atoms with Gasteiger partial charge in [0.25, 0.3) is 0 Å². The van der Waals surface area contributed by atoms with Crippen LogP contribution in [0.4, 0.5) is 10.1 Å². The molecule has 3 N–H and O–H groups in total. The summed E-state index contributed by atoms with van der Waals surface area (Å²) in [6.07, 6.45) is 3.26. The van der Waals surface area contributed by atoms with Gasteiger partial charge >= 0.3 is 0 Å². The molecular weight excluding hydrogens is 219 g/mol. The number of nitrogens with one attached hydrogen (secondary N) is 1. The van der Waals surface area contributed by atoms with E-state index in [4.69, 9.17) is 5.73 Å². The normalized spacial score (nSPS) is 18.1. The van der Waals surface area contributed by atoms with Crippen molar-refractivity contribution in [1.82, 2.24) is 0 Å². The van der Waals surface area contributed by atoms with Gasteiger partial charge in [0.15, 0.2) is 0 Å². The van der Waals surface area contributed by atoms with Crippen molar-refractivity contribution in [2.24, 2.45) is 5.73 Å². The summed E-state index contributed by atoms with van der Waals surface area (Å²) in [6, 6.07) is 4.63. The van der Waals surface area contributed by atoms with E-state index in [1.807, 2.05) is 6.92 Å². The number of anilines is 1. The summed E-state index contributed by atoms with van der Waals surface area (Å²) in [6.45, 7) is 1.85. The first-order valence-electron chi connectivity index (χ1n) is 5.88. The molecule has 3 nitrogen and oxygen atoms in total. The summed E-state index contributed by atoms with van der Waals surface area (Å²) in [5.41, 5.74) is 6.30. The Bertz CT molecular complexity index is 439. The molecule has 1 aliphatic rings. The zero-order chi connectivity index (χ0) is 12.5. The van der Waals surface area contributed by atoms with E-state index >= 15 is 0 Å². The van der Waals surface area contributed by atoms with E-state index in [-0.39, 0.29) is 11.6 Å². The van der Waals surface area contributed by atoms with Crippen molar-refractivity contribution in [2.75, 3.05) is 5.32 Å². The van der Waals surface area contributed by atoms with Crippen LogP contribution in [0.2, 0.25) is 0 Å². The zero-order valence-electron chi connectivity index (χ0n) is 9.92. The van der Waals surface area contributed by atoms with E-state index in [2.05, 4.69) is 5.32 Å². The van der Waals surface area contributed by atoms with E-state index in [1.165, 1.54) is 6.07 Å². The number of halogens is 1. The second-order valence-corrected chi connectivity index (χ2v) is 4.80. The maximum absolute atomic E-state index is 13.5. The Kier molecular flexibility index (Phi) is 3.15. The summed E-state index contributed by atoms with van der Waals surface area (Å²) in [5, 5.41) is 2.59. The molecule has 1 aromatic carbocycles. The predicted molar refractivity (Wildman–Crippen MR) is 65.2 cm³/mol. The summed E-state index contributed by atoms with van der Waals surface area (Å²) in [4.78, 5) is 12.0. The SMILES string of the molecule is Cc1ccc(F)c(NC(=O)C2(N)CCCC2)c1. The lowest BCUT2D eigenvalue weighted by atomic mass is 9.98. The van der Waals surface area contributed by atoms with Crippen molar-refractivity contribution in [3.05, 3.63) is 29.6 Å². The van der Waals surface area contributed by atoms with Crippen molar-refractivity contribution >= 4 is 11.6 Å². The van der Waals surface area contributed by atoms with Crippen molar-refractivity contribution in [2.45, 2.75) is 38.1 Å². The summed E-state index contributed by atoms with van der Waals surface area (Å²) in [7, 11) is 0. The topological polar surface area (TPSA) is 55.1 Å². The van der Waals surface area contributed by atoms with Crippen LogP contribution in [-0.2, 0) is 4.79 Å². The molecule has 0 aromatic heterocycles. The molecule has 1 saturated carbocycles. The molecule has 17 heavy (non-hydrogen) atoms. The van der Waals surface area contributed by atoms with Gasteiger partial charge in [-0.3, -0.25) is 4.79 Å². The van der Waals surface area contributed by atoms with Gasteiger partial charge in [-0.1, -0.05) is 18.9 Å². The third-order valence-corrected chi connectivity index (χ3v) is 3.32. The van der Waals surface area contributed by atoms with Crippen LogP contribution in [0, 0.1) is 12.7 Å². The Morgan fingerprint density at radius 1 is 1.41 bits per heavy atom. The standard InChI is InChI=1S/C13H17FN2O/c1-9-4-5-10(14)11(8-9)16-12(17)13(15)6-2-3-7-13/h4-5,8H,2-3,6-7,15H2,1H3,(H,16,17). The van der Waals surface area contributed by atoms with Gasteiger partial charge in [-0.05, 0) is 37.5 Å². The van der Waals surface area contributed by atoms with Crippen LogP contribution in [0.25, 0.3) is 0 Å². The van der Waals surface area contributed by atoms with E-state index < -0.39 is 11.4 Å². The van der Waals surface area contributed by atoms with Crippen LogP contribution in [0.3, 0.4) is 0 Å². The van der Waals surface area contributed by atoms with E-state index in [0.717, 1.165) is 18.4 Å². The van der Waals surface area contributed by atoms with Crippen LogP contribution in [0.15, 0.2) is 18.2 Å². The molecule has 1 amide bonds. The molecule has 92 valence electrons. The Morgan fingerprint density at radius 3 is 2.71 bits per heavy atom. The molecule has 0 spiro atoms. The van der Waals surface area contributed by atoms with Gasteiger partial charge < -0.3 is 11.1 Å². The van der Waals surface area contributed by atoms with Crippen LogP contribution >= 0.6 is 0 Å². The second kappa shape index (κ2) is 4.45. The molecule has 0 bridgehead atoms. The minimum absolute atomic E-state index is 0.215. The van der Waals surface area contributed by atoms with Gasteiger partial charge in [0.1, 0.15) is 5.82 Å². The number of rotatable bonds is 2. The summed E-state index contributed by atoms with van der Waals surface area (Å²) >= 11 is 0. The van der Waals surface area contributed by atoms with Gasteiger partial charge in [0.2, 0.25) is 5.91 Å². The van der Waals surface area contributed by atoms with Crippen LogP contribution < -0.4 is 11.1 Å². The Hall–Kier alpha value is -1.42. The lowest BCUT2D eigenvalue weighted by Gasteiger charge is -2.22. The van der Waals surface area contributed by atoms with Gasteiger partial charge in [0.05, 0.1) is 11.2 Å². The van der Waals surface area contributed by atoms with Gasteiger partial charge in [-0.15, -0.1) is 0 Å². The van der Waals surface area contributed by atoms with E-state index in [1.54, 1.807) is 12.1 Å². The number of carbonyl (C=O) groups is 1. The van der Waals surface area contributed by atoms with Gasteiger partial charge in [-0.25, -0.2) is 4.39 Å². The summed E-state index contributed by atoms with van der Waals surface area (Å²) in [5.74, 6) is -0.704. The largest absolute Gasteiger partial charge is 0.322 e. The second-order valence-electron chi connectivity index (χ2n) is 4.80. The maximum atomic E-state index is 13.5. The van der Waals surface area contributed by atoms with Gasteiger partial charge in [0, 0.05) is 0 Å². The number of nitrogens with two attached hydrogens (primary N) is 1. The Balaban J connectivity index is 2.15. The van der Waals surface area contributed by atoms with Crippen molar-refractivity contribution in [3.63, 3.8) is 0 Å². The first-order chi connectivity index (χ1) is 8.01. The molecule has 0 radical (unpaired) electrons. The minimum atomic E-state index is -0.823. The highest BCUT2D eigenvalue weighted by Crippen LogP contribution is 2.28. The van der Waals surface area contributed by atoms with Gasteiger partial charge in [-0.2, -0.15) is 0 Å².